The van der Waals surface area contributed by atoms with Gasteiger partial charge in [0, 0.05) is 38.3 Å². The zero-order valence-electron chi connectivity index (χ0n) is 12.1. The molecule has 6 nitrogen and oxygen atoms in total. The van der Waals surface area contributed by atoms with E-state index < -0.39 is 0 Å². The Kier molecular flexibility index (Phi) is 5.78. The lowest BCUT2D eigenvalue weighted by molar-refractivity contribution is 0.194. The van der Waals surface area contributed by atoms with E-state index in [-0.39, 0.29) is 6.03 Å². The van der Waals surface area contributed by atoms with Crippen LogP contribution < -0.4 is 10.6 Å². The lowest BCUT2D eigenvalue weighted by atomic mass is 10.2. The smallest absolute Gasteiger partial charge is 0.319 e. The summed E-state index contributed by atoms with van der Waals surface area (Å²) in [5.74, 6) is 0. The van der Waals surface area contributed by atoms with Crippen molar-refractivity contribution in [3.05, 3.63) is 48.3 Å². The van der Waals surface area contributed by atoms with E-state index in [1.165, 1.54) is 0 Å². The van der Waals surface area contributed by atoms with Gasteiger partial charge in [-0.1, -0.05) is 12.1 Å². The van der Waals surface area contributed by atoms with Crippen molar-refractivity contribution in [3.63, 3.8) is 0 Å². The van der Waals surface area contributed by atoms with Crippen LogP contribution in [-0.4, -0.2) is 36.1 Å². The molecule has 2 aromatic rings. The average Bonchev–Trinajstić information content (AvgIpc) is 2.97. The highest BCUT2D eigenvalue weighted by Crippen LogP contribution is 2.11. The van der Waals surface area contributed by atoms with E-state index in [2.05, 4.69) is 15.7 Å². The summed E-state index contributed by atoms with van der Waals surface area (Å²) in [6.07, 6.45) is 4.45. The number of methoxy groups -OCH3 is 1. The number of hydrogen-bond acceptors (Lipinski definition) is 3. The largest absolute Gasteiger partial charge is 0.385 e. The summed E-state index contributed by atoms with van der Waals surface area (Å²) in [6, 6.07) is 9.40. The highest BCUT2D eigenvalue weighted by Gasteiger charge is 2.02. The Hall–Kier alpha value is -2.34. The molecule has 0 unspecified atom stereocenters. The molecule has 2 N–H and O–H groups in total. The number of carbonyl (C=O) groups is 1. The average molecular weight is 288 g/mol. The Bertz CT molecular complexity index is 555. The molecule has 0 aliphatic rings. The molecule has 112 valence electrons. The molecular weight excluding hydrogens is 268 g/mol. The van der Waals surface area contributed by atoms with E-state index in [4.69, 9.17) is 4.74 Å². The minimum absolute atomic E-state index is 0.206. The van der Waals surface area contributed by atoms with Crippen molar-refractivity contribution in [1.29, 1.82) is 0 Å². The molecule has 1 heterocycles. The fraction of sp³-hybridized carbons (Fsp3) is 0.333. The van der Waals surface area contributed by atoms with Crippen molar-refractivity contribution in [3.8, 4) is 0 Å². The number of anilines is 1. The lowest BCUT2D eigenvalue weighted by Gasteiger charge is -2.09. The van der Waals surface area contributed by atoms with E-state index in [1.807, 2.05) is 41.2 Å². The van der Waals surface area contributed by atoms with Crippen LogP contribution in [0.1, 0.15) is 12.0 Å². The first-order valence-electron chi connectivity index (χ1n) is 6.88. The number of nitrogens with zero attached hydrogens (tertiary/aromatic N) is 2. The normalized spacial score (nSPS) is 10.3. The van der Waals surface area contributed by atoms with Crippen molar-refractivity contribution in [2.75, 3.05) is 25.6 Å². The number of benzene rings is 1. The third-order valence-electron chi connectivity index (χ3n) is 2.90. The van der Waals surface area contributed by atoms with Gasteiger partial charge in [-0.25, -0.2) is 4.79 Å². The molecule has 0 spiro atoms. The van der Waals surface area contributed by atoms with E-state index in [0.717, 1.165) is 17.7 Å². The number of rotatable bonds is 7. The van der Waals surface area contributed by atoms with E-state index >= 15 is 0 Å². The van der Waals surface area contributed by atoms with Crippen molar-refractivity contribution in [2.24, 2.45) is 0 Å². The molecule has 0 bridgehead atoms. The fourth-order valence-corrected chi connectivity index (χ4v) is 1.92. The molecule has 0 aliphatic heterocycles. The molecule has 1 aromatic carbocycles. The molecule has 2 rings (SSSR count). The predicted molar refractivity (Wildman–Crippen MR) is 81.3 cm³/mol. The van der Waals surface area contributed by atoms with Crippen LogP contribution in [0, 0.1) is 0 Å². The third kappa shape index (κ3) is 5.27. The van der Waals surface area contributed by atoms with Crippen LogP contribution >= 0.6 is 0 Å². The minimum atomic E-state index is -0.206. The van der Waals surface area contributed by atoms with Crippen LogP contribution in [0.25, 0.3) is 0 Å². The second-order valence-corrected chi connectivity index (χ2v) is 4.63. The van der Waals surface area contributed by atoms with Crippen molar-refractivity contribution >= 4 is 11.7 Å². The highest BCUT2D eigenvalue weighted by molar-refractivity contribution is 5.89. The standard InChI is InChI=1S/C15H20N4O2/c1-21-10-4-7-16-15(20)18-14-6-2-5-13(11-14)12-19-9-3-8-17-19/h2-3,5-6,8-9,11H,4,7,10,12H2,1H3,(H2,16,18,20). The predicted octanol–water partition coefficient (Wildman–Crippen LogP) is 2.09. The monoisotopic (exact) mass is 288 g/mol. The van der Waals surface area contributed by atoms with Crippen LogP contribution in [0.15, 0.2) is 42.7 Å². The van der Waals surface area contributed by atoms with Gasteiger partial charge in [0.1, 0.15) is 0 Å². The van der Waals surface area contributed by atoms with Gasteiger partial charge in [0.15, 0.2) is 0 Å². The maximum Gasteiger partial charge on any atom is 0.319 e. The molecule has 0 fully saturated rings. The molecule has 0 saturated heterocycles. The van der Waals surface area contributed by atoms with Gasteiger partial charge in [-0.05, 0) is 30.2 Å². The van der Waals surface area contributed by atoms with Gasteiger partial charge in [-0.2, -0.15) is 5.10 Å². The van der Waals surface area contributed by atoms with E-state index in [0.29, 0.717) is 19.7 Å². The maximum absolute atomic E-state index is 11.7. The second-order valence-electron chi connectivity index (χ2n) is 4.63. The Morgan fingerprint density at radius 3 is 3.05 bits per heavy atom. The summed E-state index contributed by atoms with van der Waals surface area (Å²) in [7, 11) is 1.64. The first-order valence-corrected chi connectivity index (χ1v) is 6.88. The van der Waals surface area contributed by atoms with Gasteiger partial charge in [0.25, 0.3) is 0 Å². The molecule has 0 aliphatic carbocycles. The zero-order chi connectivity index (χ0) is 14.9. The summed E-state index contributed by atoms with van der Waals surface area (Å²) in [4.78, 5) is 11.7. The van der Waals surface area contributed by atoms with Gasteiger partial charge in [0.05, 0.1) is 6.54 Å². The van der Waals surface area contributed by atoms with Crippen molar-refractivity contribution < 1.29 is 9.53 Å². The summed E-state index contributed by atoms with van der Waals surface area (Å²) >= 11 is 0. The number of hydrogen-bond donors (Lipinski definition) is 2. The van der Waals surface area contributed by atoms with Crippen LogP contribution in [0.4, 0.5) is 10.5 Å². The van der Waals surface area contributed by atoms with Gasteiger partial charge in [-0.3, -0.25) is 4.68 Å². The summed E-state index contributed by atoms with van der Waals surface area (Å²) in [5, 5.41) is 9.77. The summed E-state index contributed by atoms with van der Waals surface area (Å²) in [5.41, 5.74) is 1.85. The summed E-state index contributed by atoms with van der Waals surface area (Å²) in [6.45, 7) is 1.91. The second kappa shape index (κ2) is 8.06. The number of amides is 2. The number of carbonyl (C=O) groups excluding carboxylic acids is 1. The number of aromatic nitrogens is 2. The van der Waals surface area contributed by atoms with Gasteiger partial charge in [-0.15, -0.1) is 0 Å². The first-order chi connectivity index (χ1) is 10.3. The van der Waals surface area contributed by atoms with Crippen molar-refractivity contribution in [2.45, 2.75) is 13.0 Å². The van der Waals surface area contributed by atoms with Crippen LogP contribution in [-0.2, 0) is 11.3 Å². The minimum Gasteiger partial charge on any atom is -0.385 e. The zero-order valence-corrected chi connectivity index (χ0v) is 12.1. The highest BCUT2D eigenvalue weighted by atomic mass is 16.5. The van der Waals surface area contributed by atoms with Gasteiger partial charge < -0.3 is 15.4 Å². The van der Waals surface area contributed by atoms with Gasteiger partial charge in [0.2, 0.25) is 0 Å². The van der Waals surface area contributed by atoms with Crippen molar-refractivity contribution in [1.82, 2.24) is 15.1 Å². The quantitative estimate of drug-likeness (QED) is 0.767. The summed E-state index contributed by atoms with van der Waals surface area (Å²) < 4.78 is 6.76. The first kappa shape index (κ1) is 15.1. The third-order valence-corrected chi connectivity index (χ3v) is 2.90. The van der Waals surface area contributed by atoms with E-state index in [9.17, 15) is 4.79 Å². The molecule has 0 saturated carbocycles. The molecule has 21 heavy (non-hydrogen) atoms. The molecule has 6 heteroatoms. The van der Waals surface area contributed by atoms with Crippen LogP contribution in [0.5, 0.6) is 0 Å². The Morgan fingerprint density at radius 2 is 2.29 bits per heavy atom. The number of ether oxygens (including phenoxy) is 1. The van der Waals surface area contributed by atoms with Gasteiger partial charge >= 0.3 is 6.03 Å². The molecule has 0 radical (unpaired) electrons. The Labute approximate surface area is 124 Å². The molecule has 2 amide bonds. The Balaban J connectivity index is 1.84. The topological polar surface area (TPSA) is 68.2 Å². The molecular formula is C15H20N4O2. The fourth-order valence-electron chi connectivity index (χ4n) is 1.92. The molecule has 1 aromatic heterocycles. The molecule has 0 atom stereocenters. The van der Waals surface area contributed by atoms with E-state index in [1.54, 1.807) is 13.3 Å². The van der Waals surface area contributed by atoms with Crippen LogP contribution in [0.3, 0.4) is 0 Å². The Morgan fingerprint density at radius 1 is 1.38 bits per heavy atom. The number of nitrogens with one attached hydrogen (secondary N) is 2. The maximum atomic E-state index is 11.7. The SMILES string of the molecule is COCCCNC(=O)Nc1cccc(Cn2cccn2)c1. The number of urea groups is 1. The lowest BCUT2D eigenvalue weighted by Crippen LogP contribution is -2.30. The van der Waals surface area contributed by atoms with Crippen LogP contribution in [0.2, 0.25) is 0 Å².